The summed E-state index contributed by atoms with van der Waals surface area (Å²) in [5, 5.41) is 6.53. The summed E-state index contributed by atoms with van der Waals surface area (Å²) < 4.78 is 43.6. The van der Waals surface area contributed by atoms with Gasteiger partial charge in [0.1, 0.15) is 5.75 Å². The Bertz CT molecular complexity index is 710. The van der Waals surface area contributed by atoms with E-state index in [1.807, 2.05) is 6.92 Å². The van der Waals surface area contributed by atoms with Crippen molar-refractivity contribution in [2.24, 2.45) is 16.8 Å². The largest absolute Gasteiger partial charge is 0.493 e. The van der Waals surface area contributed by atoms with Crippen molar-refractivity contribution >= 4 is 29.9 Å². The van der Waals surface area contributed by atoms with Gasteiger partial charge in [0.05, 0.1) is 13.2 Å². The van der Waals surface area contributed by atoms with Crippen LogP contribution in [0.3, 0.4) is 0 Å². The molecule has 0 aromatic heterocycles. The number of aryl methyl sites for hydroxylation is 1. The minimum Gasteiger partial charge on any atom is -0.493 e. The minimum absolute atomic E-state index is 0. The monoisotopic (exact) mass is 540 g/mol. The molecule has 1 aliphatic carbocycles. The van der Waals surface area contributed by atoms with Gasteiger partial charge in [-0.1, -0.05) is 12.1 Å². The molecule has 30 heavy (non-hydrogen) atoms. The molecule has 1 aromatic rings. The molecule has 1 atom stereocenters. The molecule has 0 bridgehead atoms. The Hall–Kier alpha value is -1.23. The number of benzene rings is 1. The van der Waals surface area contributed by atoms with Crippen molar-refractivity contribution in [2.45, 2.75) is 38.9 Å². The first kappa shape index (κ1) is 25.0. The number of hydrogen-bond donors (Lipinski definition) is 2. The molecule has 2 aliphatic rings. The Balaban J connectivity index is 0.00000320. The predicted octanol–water partition coefficient (Wildman–Crippen LogP) is 3.95. The smallest absolute Gasteiger partial charge is 0.401 e. The van der Waals surface area contributed by atoms with E-state index >= 15 is 0 Å². The quantitative estimate of drug-likeness (QED) is 0.298. The second-order valence-electron chi connectivity index (χ2n) is 8.18. The molecule has 0 amide bonds. The van der Waals surface area contributed by atoms with E-state index in [0.29, 0.717) is 38.1 Å². The van der Waals surface area contributed by atoms with E-state index in [2.05, 4.69) is 33.8 Å². The third-order valence-electron chi connectivity index (χ3n) is 5.40. The van der Waals surface area contributed by atoms with Crippen molar-refractivity contribution in [3.8, 4) is 5.75 Å². The minimum atomic E-state index is -4.13. The summed E-state index contributed by atoms with van der Waals surface area (Å²) >= 11 is 0. The van der Waals surface area contributed by atoms with Crippen LogP contribution in [-0.2, 0) is 6.54 Å². The van der Waals surface area contributed by atoms with E-state index in [9.17, 15) is 13.2 Å². The van der Waals surface area contributed by atoms with Gasteiger partial charge in [0.15, 0.2) is 5.96 Å². The van der Waals surface area contributed by atoms with Crippen molar-refractivity contribution in [2.75, 3.05) is 39.8 Å². The maximum Gasteiger partial charge on any atom is 0.401 e. The molecular weight excluding hydrogens is 508 g/mol. The number of alkyl halides is 3. The Morgan fingerprint density at radius 2 is 1.97 bits per heavy atom. The number of hydrogen-bond acceptors (Lipinski definition) is 3. The third-order valence-corrected chi connectivity index (χ3v) is 5.40. The predicted molar refractivity (Wildman–Crippen MR) is 124 cm³/mol. The van der Waals surface area contributed by atoms with E-state index in [-0.39, 0.29) is 29.9 Å². The lowest BCUT2D eigenvalue weighted by Crippen LogP contribution is -2.40. The first-order valence-corrected chi connectivity index (χ1v) is 10.3. The standard InChI is InChI=1S/C21H31F3N4O.HI/c1-15-3-6-18(19(9-15)29-13-16-4-5-16)11-27-20(25-2)26-10-17-7-8-28(12-17)14-21(22,23)24;/h3,6,9,16-17H,4-5,7-8,10-14H2,1-2H3,(H2,25,26,27);1H. The van der Waals surface area contributed by atoms with Crippen LogP contribution in [0.25, 0.3) is 0 Å². The van der Waals surface area contributed by atoms with Crippen LogP contribution < -0.4 is 15.4 Å². The fraction of sp³-hybridized carbons (Fsp3) is 0.667. The molecule has 1 aliphatic heterocycles. The highest BCUT2D eigenvalue weighted by atomic mass is 127. The van der Waals surface area contributed by atoms with Gasteiger partial charge in [-0.15, -0.1) is 24.0 Å². The molecule has 0 spiro atoms. The van der Waals surface area contributed by atoms with E-state index < -0.39 is 12.7 Å². The van der Waals surface area contributed by atoms with Gasteiger partial charge in [0.25, 0.3) is 0 Å². The summed E-state index contributed by atoms with van der Waals surface area (Å²) in [4.78, 5) is 5.70. The molecule has 1 saturated carbocycles. The van der Waals surface area contributed by atoms with Crippen LogP contribution in [0.15, 0.2) is 23.2 Å². The summed E-state index contributed by atoms with van der Waals surface area (Å²) in [6.45, 7) is 4.11. The first-order valence-electron chi connectivity index (χ1n) is 10.3. The van der Waals surface area contributed by atoms with Gasteiger partial charge in [-0.2, -0.15) is 13.2 Å². The number of nitrogens with zero attached hydrogens (tertiary/aromatic N) is 2. The van der Waals surface area contributed by atoms with Crippen molar-refractivity contribution in [1.82, 2.24) is 15.5 Å². The molecule has 1 aromatic carbocycles. The van der Waals surface area contributed by atoms with Gasteiger partial charge in [0.2, 0.25) is 0 Å². The maximum absolute atomic E-state index is 12.5. The zero-order chi connectivity index (χ0) is 20.9. The fourth-order valence-corrected chi connectivity index (χ4v) is 3.55. The highest BCUT2D eigenvalue weighted by Crippen LogP contribution is 2.30. The highest BCUT2D eigenvalue weighted by molar-refractivity contribution is 14.0. The van der Waals surface area contributed by atoms with Crippen LogP contribution in [0.4, 0.5) is 13.2 Å². The summed E-state index contributed by atoms with van der Waals surface area (Å²) in [5.41, 5.74) is 2.23. The number of aliphatic imine (C=N–C) groups is 1. The van der Waals surface area contributed by atoms with Crippen molar-refractivity contribution < 1.29 is 17.9 Å². The maximum atomic E-state index is 12.5. The van der Waals surface area contributed by atoms with E-state index in [1.165, 1.54) is 17.7 Å². The molecule has 5 nitrogen and oxygen atoms in total. The molecule has 2 N–H and O–H groups in total. The fourth-order valence-electron chi connectivity index (χ4n) is 3.55. The highest BCUT2D eigenvalue weighted by Gasteiger charge is 2.34. The van der Waals surface area contributed by atoms with Crippen LogP contribution in [0, 0.1) is 18.8 Å². The van der Waals surface area contributed by atoms with Crippen LogP contribution in [0.2, 0.25) is 0 Å². The van der Waals surface area contributed by atoms with Gasteiger partial charge in [-0.3, -0.25) is 9.89 Å². The topological polar surface area (TPSA) is 48.9 Å². The molecule has 2 fully saturated rings. The van der Waals surface area contributed by atoms with Crippen molar-refractivity contribution in [1.29, 1.82) is 0 Å². The second-order valence-corrected chi connectivity index (χ2v) is 8.18. The Morgan fingerprint density at radius 1 is 1.20 bits per heavy atom. The molecule has 0 radical (unpaired) electrons. The molecule has 170 valence electrons. The average molecular weight is 540 g/mol. The molecule has 9 heteroatoms. The molecule has 3 rings (SSSR count). The number of nitrogens with one attached hydrogen (secondary N) is 2. The van der Waals surface area contributed by atoms with Crippen LogP contribution in [0.1, 0.15) is 30.4 Å². The number of halogens is 4. The summed E-state index contributed by atoms with van der Waals surface area (Å²) in [6.07, 6.45) is -0.876. The number of likely N-dealkylation sites (tertiary alicyclic amines) is 1. The number of ether oxygens (including phenoxy) is 1. The van der Waals surface area contributed by atoms with Gasteiger partial charge in [0, 0.05) is 32.2 Å². The van der Waals surface area contributed by atoms with E-state index in [0.717, 1.165) is 29.9 Å². The SMILES string of the molecule is CN=C(NCc1ccc(C)cc1OCC1CC1)NCC1CCN(CC(F)(F)F)C1.I. The zero-order valence-corrected chi connectivity index (χ0v) is 19.9. The van der Waals surface area contributed by atoms with E-state index in [1.54, 1.807) is 7.05 Å². The lowest BCUT2D eigenvalue weighted by Gasteiger charge is -2.19. The van der Waals surface area contributed by atoms with Crippen LogP contribution >= 0.6 is 24.0 Å². The Labute approximate surface area is 193 Å². The number of guanidine groups is 1. The van der Waals surface area contributed by atoms with Gasteiger partial charge >= 0.3 is 6.18 Å². The summed E-state index contributed by atoms with van der Waals surface area (Å²) in [5.74, 6) is 2.42. The summed E-state index contributed by atoms with van der Waals surface area (Å²) in [6, 6.07) is 6.18. The second kappa shape index (κ2) is 11.4. The molecule has 1 saturated heterocycles. The average Bonchev–Trinajstić information content (AvgIpc) is 3.39. The Kier molecular flexibility index (Phi) is 9.52. The van der Waals surface area contributed by atoms with Crippen LogP contribution in [-0.4, -0.2) is 56.9 Å². The third kappa shape index (κ3) is 8.49. The Morgan fingerprint density at radius 3 is 2.63 bits per heavy atom. The molecule has 1 unspecified atom stereocenters. The van der Waals surface area contributed by atoms with E-state index in [4.69, 9.17) is 4.74 Å². The molecule has 1 heterocycles. The normalized spacial score (nSPS) is 20.0. The van der Waals surface area contributed by atoms with Gasteiger partial charge < -0.3 is 15.4 Å². The van der Waals surface area contributed by atoms with Crippen molar-refractivity contribution in [3.63, 3.8) is 0 Å². The lowest BCUT2D eigenvalue weighted by molar-refractivity contribution is -0.143. The number of rotatable bonds is 8. The first-order chi connectivity index (χ1) is 13.8. The summed E-state index contributed by atoms with van der Waals surface area (Å²) in [7, 11) is 1.69. The van der Waals surface area contributed by atoms with Crippen molar-refractivity contribution in [3.05, 3.63) is 29.3 Å². The van der Waals surface area contributed by atoms with Gasteiger partial charge in [-0.25, -0.2) is 0 Å². The zero-order valence-electron chi connectivity index (χ0n) is 17.6. The van der Waals surface area contributed by atoms with Gasteiger partial charge in [-0.05, 0) is 56.2 Å². The molecular formula is C21H32F3IN4O. The lowest BCUT2D eigenvalue weighted by atomic mass is 10.1. The van der Waals surface area contributed by atoms with Crippen LogP contribution in [0.5, 0.6) is 5.75 Å².